The number of carbonyl (C=O) groups is 2. The Morgan fingerprint density at radius 1 is 1.38 bits per heavy atom. The zero-order valence-electron chi connectivity index (χ0n) is 13.3. The molecule has 0 aliphatic heterocycles. The summed E-state index contributed by atoms with van der Waals surface area (Å²) in [7, 11) is 0. The highest BCUT2D eigenvalue weighted by Crippen LogP contribution is 2.37. The quantitative estimate of drug-likeness (QED) is 0.844. The summed E-state index contributed by atoms with van der Waals surface area (Å²) in [6, 6.07) is 8.92. The van der Waals surface area contributed by atoms with E-state index in [9.17, 15) is 9.59 Å². The Morgan fingerprint density at radius 2 is 2.17 bits per heavy atom. The van der Waals surface area contributed by atoms with E-state index >= 15 is 0 Å². The first-order valence-corrected chi connectivity index (χ1v) is 8.30. The van der Waals surface area contributed by atoms with Gasteiger partial charge < -0.3 is 10.6 Å². The highest BCUT2D eigenvalue weighted by Gasteiger charge is 2.38. The van der Waals surface area contributed by atoms with Crippen LogP contribution in [0.1, 0.15) is 19.8 Å². The van der Waals surface area contributed by atoms with E-state index in [1.54, 1.807) is 29.1 Å². The van der Waals surface area contributed by atoms with Crippen LogP contribution in [0, 0.1) is 11.8 Å². The number of hydrogen-bond donors (Lipinski definition) is 2. The van der Waals surface area contributed by atoms with Crippen molar-refractivity contribution in [3.8, 4) is 5.69 Å². The molecule has 2 N–H and O–H groups in total. The average molecular weight is 347 g/mol. The third kappa shape index (κ3) is 3.94. The van der Waals surface area contributed by atoms with Crippen LogP contribution in [-0.2, 0) is 9.59 Å². The van der Waals surface area contributed by atoms with Crippen molar-refractivity contribution >= 4 is 29.2 Å². The second-order valence-electron chi connectivity index (χ2n) is 6.02. The summed E-state index contributed by atoms with van der Waals surface area (Å²) in [6.45, 7) is 2.38. The Bertz CT molecular complexity index is 759. The fourth-order valence-electron chi connectivity index (χ4n) is 2.53. The van der Waals surface area contributed by atoms with Crippen molar-refractivity contribution in [2.45, 2.75) is 19.8 Å². The van der Waals surface area contributed by atoms with E-state index in [-0.39, 0.29) is 24.2 Å². The largest absolute Gasteiger partial charge is 0.355 e. The lowest BCUT2D eigenvalue weighted by Gasteiger charge is -2.09. The van der Waals surface area contributed by atoms with Gasteiger partial charge in [-0.3, -0.25) is 9.59 Å². The molecule has 24 heavy (non-hydrogen) atoms. The minimum absolute atomic E-state index is 0.0410. The monoisotopic (exact) mass is 346 g/mol. The van der Waals surface area contributed by atoms with Crippen LogP contribution in [0.3, 0.4) is 0 Å². The Kier molecular flexibility index (Phi) is 4.85. The molecule has 2 aromatic rings. The second kappa shape index (κ2) is 7.05. The summed E-state index contributed by atoms with van der Waals surface area (Å²) in [5.74, 6) is 1.01. The molecule has 0 radical (unpaired) electrons. The van der Waals surface area contributed by atoms with Gasteiger partial charge in [0.25, 0.3) is 0 Å². The van der Waals surface area contributed by atoms with Crippen LogP contribution in [0.4, 0.5) is 5.82 Å². The van der Waals surface area contributed by atoms with Crippen LogP contribution in [0.25, 0.3) is 5.69 Å². The smallest absolute Gasteiger partial charge is 0.227 e. The molecule has 1 aliphatic carbocycles. The van der Waals surface area contributed by atoms with Crippen LogP contribution in [0.15, 0.2) is 36.5 Å². The van der Waals surface area contributed by atoms with Crippen molar-refractivity contribution in [1.82, 2.24) is 15.1 Å². The lowest BCUT2D eigenvalue weighted by Crippen LogP contribution is -2.29. The number of nitrogens with zero attached hydrogens (tertiary/aromatic N) is 2. The lowest BCUT2D eigenvalue weighted by atomic mass is 10.3. The Morgan fingerprint density at radius 3 is 2.88 bits per heavy atom. The standard InChI is InChI=1S/C17H19ClN4O2/c1-11-9-14(11)17(24)19-7-6-16(23)21-15-5-8-20-22(15)13-4-2-3-12(18)10-13/h2-5,8,10-11,14H,6-7,9H2,1H3,(H,19,24)(H,21,23)/t11-,14-/m1/s1. The topological polar surface area (TPSA) is 76.0 Å². The molecular formula is C17H19ClN4O2. The maximum atomic E-state index is 12.1. The summed E-state index contributed by atoms with van der Waals surface area (Å²) >= 11 is 5.99. The van der Waals surface area contributed by atoms with Crippen molar-refractivity contribution < 1.29 is 9.59 Å². The molecule has 1 saturated carbocycles. The van der Waals surface area contributed by atoms with E-state index in [0.29, 0.717) is 23.3 Å². The molecule has 1 aliphatic rings. The lowest BCUT2D eigenvalue weighted by molar-refractivity contribution is -0.122. The highest BCUT2D eigenvalue weighted by molar-refractivity contribution is 6.30. The first kappa shape index (κ1) is 16.5. The zero-order valence-corrected chi connectivity index (χ0v) is 14.1. The van der Waals surface area contributed by atoms with E-state index < -0.39 is 0 Å². The average Bonchev–Trinajstić information content (AvgIpc) is 3.10. The molecule has 3 rings (SSSR count). The number of halogens is 1. The van der Waals surface area contributed by atoms with E-state index in [4.69, 9.17) is 11.6 Å². The number of benzene rings is 1. The van der Waals surface area contributed by atoms with Crippen molar-refractivity contribution in [2.75, 3.05) is 11.9 Å². The fraction of sp³-hybridized carbons (Fsp3) is 0.353. The van der Waals surface area contributed by atoms with Gasteiger partial charge in [-0.1, -0.05) is 24.6 Å². The minimum atomic E-state index is -0.178. The van der Waals surface area contributed by atoms with E-state index in [2.05, 4.69) is 15.7 Å². The Labute approximate surface area is 145 Å². The van der Waals surface area contributed by atoms with Gasteiger partial charge >= 0.3 is 0 Å². The maximum absolute atomic E-state index is 12.1. The molecule has 1 heterocycles. The van der Waals surface area contributed by atoms with Crippen molar-refractivity contribution in [3.05, 3.63) is 41.6 Å². The number of rotatable bonds is 6. The third-order valence-corrected chi connectivity index (χ3v) is 4.30. The predicted octanol–water partition coefficient (Wildman–Crippen LogP) is 2.63. The van der Waals surface area contributed by atoms with Crippen molar-refractivity contribution in [1.29, 1.82) is 0 Å². The number of nitrogens with one attached hydrogen (secondary N) is 2. The maximum Gasteiger partial charge on any atom is 0.227 e. The van der Waals surface area contributed by atoms with Gasteiger partial charge in [0.1, 0.15) is 5.82 Å². The number of anilines is 1. The van der Waals surface area contributed by atoms with Crippen LogP contribution in [-0.4, -0.2) is 28.1 Å². The Balaban J connectivity index is 1.54. The van der Waals surface area contributed by atoms with E-state index in [1.807, 2.05) is 19.1 Å². The molecule has 2 atom stereocenters. The van der Waals surface area contributed by atoms with Crippen LogP contribution < -0.4 is 10.6 Å². The number of amides is 2. The van der Waals surface area contributed by atoms with Gasteiger partial charge in [-0.15, -0.1) is 0 Å². The first-order valence-electron chi connectivity index (χ1n) is 7.92. The van der Waals surface area contributed by atoms with E-state index in [1.165, 1.54) is 0 Å². The second-order valence-corrected chi connectivity index (χ2v) is 6.45. The summed E-state index contributed by atoms with van der Waals surface area (Å²) in [6.07, 6.45) is 2.76. The van der Waals surface area contributed by atoms with Crippen LogP contribution in [0.5, 0.6) is 0 Å². The summed E-state index contributed by atoms with van der Waals surface area (Å²) < 4.78 is 1.61. The molecule has 6 nitrogen and oxygen atoms in total. The molecule has 0 spiro atoms. The van der Waals surface area contributed by atoms with Gasteiger partial charge in [0, 0.05) is 30.0 Å². The molecule has 1 aromatic heterocycles. The molecule has 1 aromatic carbocycles. The number of aromatic nitrogens is 2. The van der Waals surface area contributed by atoms with Crippen LogP contribution in [0.2, 0.25) is 5.02 Å². The van der Waals surface area contributed by atoms with Crippen LogP contribution >= 0.6 is 11.6 Å². The van der Waals surface area contributed by atoms with Crippen molar-refractivity contribution in [2.24, 2.45) is 11.8 Å². The molecule has 2 amide bonds. The number of carbonyl (C=O) groups excluding carboxylic acids is 2. The molecular weight excluding hydrogens is 328 g/mol. The molecule has 0 bridgehead atoms. The first-order chi connectivity index (χ1) is 11.5. The molecule has 0 saturated heterocycles. The number of hydrogen-bond acceptors (Lipinski definition) is 3. The molecule has 126 valence electrons. The highest BCUT2D eigenvalue weighted by atomic mass is 35.5. The van der Waals surface area contributed by atoms with Gasteiger partial charge in [0.2, 0.25) is 11.8 Å². The van der Waals surface area contributed by atoms with Gasteiger partial charge in [0.05, 0.1) is 11.9 Å². The van der Waals surface area contributed by atoms with Gasteiger partial charge in [-0.2, -0.15) is 5.10 Å². The van der Waals surface area contributed by atoms with Gasteiger partial charge in [-0.25, -0.2) is 4.68 Å². The van der Waals surface area contributed by atoms with Crippen molar-refractivity contribution in [3.63, 3.8) is 0 Å². The SMILES string of the molecule is C[C@@H]1C[C@H]1C(=O)NCCC(=O)Nc1ccnn1-c1cccc(Cl)c1. The normalized spacial score (nSPS) is 18.9. The third-order valence-electron chi connectivity index (χ3n) is 4.06. The molecule has 1 fully saturated rings. The van der Waals surface area contributed by atoms with E-state index in [0.717, 1.165) is 12.1 Å². The van der Waals surface area contributed by atoms with Gasteiger partial charge in [-0.05, 0) is 30.5 Å². The minimum Gasteiger partial charge on any atom is -0.355 e. The Hall–Kier alpha value is -2.34. The summed E-state index contributed by atoms with van der Waals surface area (Å²) in [5, 5.41) is 10.4. The predicted molar refractivity (Wildman–Crippen MR) is 92.1 cm³/mol. The fourth-order valence-corrected chi connectivity index (χ4v) is 2.72. The van der Waals surface area contributed by atoms with Gasteiger partial charge in [0.15, 0.2) is 0 Å². The molecule has 0 unspecified atom stereocenters. The summed E-state index contributed by atoms with van der Waals surface area (Å²) in [5.41, 5.74) is 0.763. The summed E-state index contributed by atoms with van der Waals surface area (Å²) in [4.78, 5) is 23.8. The molecule has 7 heteroatoms. The zero-order chi connectivity index (χ0) is 17.1.